The van der Waals surface area contributed by atoms with Gasteiger partial charge >= 0.3 is 6.03 Å². The van der Waals surface area contributed by atoms with Crippen molar-refractivity contribution in [1.82, 2.24) is 5.32 Å². The van der Waals surface area contributed by atoms with E-state index < -0.39 is 11.8 Å². The van der Waals surface area contributed by atoms with E-state index in [1.165, 1.54) is 12.1 Å². The van der Waals surface area contributed by atoms with Crippen LogP contribution in [-0.2, 0) is 0 Å². The molecule has 0 spiro atoms. The zero-order chi connectivity index (χ0) is 12.8. The van der Waals surface area contributed by atoms with E-state index in [4.69, 9.17) is 11.6 Å². The summed E-state index contributed by atoms with van der Waals surface area (Å²) < 4.78 is 13.4. The van der Waals surface area contributed by atoms with Gasteiger partial charge in [0.1, 0.15) is 5.82 Å². The van der Waals surface area contributed by atoms with Crippen molar-refractivity contribution in [1.29, 1.82) is 0 Å². The molecule has 0 aliphatic rings. The van der Waals surface area contributed by atoms with Crippen LogP contribution < -0.4 is 10.6 Å². The van der Waals surface area contributed by atoms with Gasteiger partial charge in [0.05, 0.1) is 5.69 Å². The Hall–Kier alpha value is -1.29. The third-order valence-corrected chi connectivity index (χ3v) is 2.74. The largest absolute Gasteiger partial charge is 0.335 e. The molecule has 0 saturated carbocycles. The van der Waals surface area contributed by atoms with Crippen LogP contribution in [0.2, 0.25) is 5.02 Å². The molecular weight excluding hydrogens is 243 g/mol. The number of hydrogen-bond acceptors (Lipinski definition) is 1. The quantitative estimate of drug-likeness (QED) is 0.848. The van der Waals surface area contributed by atoms with Crippen LogP contribution >= 0.6 is 11.6 Å². The molecule has 0 aliphatic heterocycles. The van der Waals surface area contributed by atoms with Crippen LogP contribution in [0.1, 0.15) is 26.7 Å². The molecule has 5 heteroatoms. The van der Waals surface area contributed by atoms with Crippen LogP contribution in [0.25, 0.3) is 0 Å². The highest BCUT2D eigenvalue weighted by atomic mass is 35.5. The number of rotatable bonds is 4. The lowest BCUT2D eigenvalue weighted by molar-refractivity contribution is 0.247. The molecule has 2 amide bonds. The molecule has 0 radical (unpaired) electrons. The summed E-state index contributed by atoms with van der Waals surface area (Å²) in [6.07, 6.45) is 1.68. The van der Waals surface area contributed by atoms with E-state index >= 15 is 0 Å². The molecular formula is C12H16ClFN2O. The number of nitrogens with one attached hydrogen (secondary N) is 2. The van der Waals surface area contributed by atoms with Crippen molar-refractivity contribution in [2.24, 2.45) is 0 Å². The molecule has 1 aromatic carbocycles. The molecule has 0 aliphatic carbocycles. The van der Waals surface area contributed by atoms with Gasteiger partial charge in [0.15, 0.2) is 0 Å². The second kappa shape index (κ2) is 6.45. The lowest BCUT2D eigenvalue weighted by Gasteiger charge is -2.15. The predicted molar refractivity (Wildman–Crippen MR) is 67.9 cm³/mol. The van der Waals surface area contributed by atoms with Gasteiger partial charge in [-0.25, -0.2) is 9.18 Å². The molecule has 1 aromatic rings. The van der Waals surface area contributed by atoms with E-state index in [9.17, 15) is 9.18 Å². The first-order valence-electron chi connectivity index (χ1n) is 5.59. The van der Waals surface area contributed by atoms with Crippen molar-refractivity contribution < 1.29 is 9.18 Å². The fourth-order valence-corrected chi connectivity index (χ4v) is 1.59. The fraction of sp³-hybridized carbons (Fsp3) is 0.417. The van der Waals surface area contributed by atoms with Crippen molar-refractivity contribution in [3.05, 3.63) is 29.0 Å². The first-order valence-corrected chi connectivity index (χ1v) is 5.97. The molecule has 0 heterocycles. The maximum absolute atomic E-state index is 13.4. The maximum Gasteiger partial charge on any atom is 0.319 e. The zero-order valence-corrected chi connectivity index (χ0v) is 10.6. The van der Waals surface area contributed by atoms with E-state index in [1.54, 1.807) is 0 Å². The predicted octanol–water partition coefficient (Wildman–Crippen LogP) is 3.79. The number of carbonyl (C=O) groups is 1. The Kier molecular flexibility index (Phi) is 5.22. The first kappa shape index (κ1) is 13.8. The van der Waals surface area contributed by atoms with Gasteiger partial charge in [-0.05, 0) is 31.0 Å². The van der Waals surface area contributed by atoms with Gasteiger partial charge in [0.2, 0.25) is 0 Å². The number of benzene rings is 1. The van der Waals surface area contributed by atoms with Gasteiger partial charge in [0, 0.05) is 11.1 Å². The number of amides is 2. The molecule has 0 atom stereocenters. The van der Waals surface area contributed by atoms with Gasteiger partial charge in [-0.3, -0.25) is 0 Å². The maximum atomic E-state index is 13.4. The SMILES string of the molecule is CCC(CC)NC(=O)Nc1ccc(Cl)cc1F. The summed E-state index contributed by atoms with van der Waals surface area (Å²) in [5, 5.41) is 5.51. The standard InChI is InChI=1S/C12H16ClFN2O/c1-3-9(4-2)15-12(17)16-11-6-5-8(13)7-10(11)14/h5-7,9H,3-4H2,1-2H3,(H2,15,16,17). The minimum Gasteiger partial charge on any atom is -0.335 e. The summed E-state index contributed by atoms with van der Waals surface area (Å²) in [5.41, 5.74) is 0.123. The number of hydrogen-bond donors (Lipinski definition) is 2. The van der Waals surface area contributed by atoms with Crippen LogP contribution in [0, 0.1) is 5.82 Å². The number of carbonyl (C=O) groups excluding carboxylic acids is 1. The molecule has 0 bridgehead atoms. The lowest BCUT2D eigenvalue weighted by Crippen LogP contribution is -2.37. The van der Waals surface area contributed by atoms with E-state index in [2.05, 4.69) is 10.6 Å². The number of urea groups is 1. The highest BCUT2D eigenvalue weighted by molar-refractivity contribution is 6.30. The molecule has 2 N–H and O–H groups in total. The Balaban J connectivity index is 2.62. The minimum absolute atomic E-state index is 0.102. The third-order valence-electron chi connectivity index (χ3n) is 2.50. The molecule has 1 rings (SSSR count). The Morgan fingerprint density at radius 2 is 2.06 bits per heavy atom. The van der Waals surface area contributed by atoms with Crippen molar-refractivity contribution >= 4 is 23.3 Å². The zero-order valence-electron chi connectivity index (χ0n) is 9.89. The second-order valence-electron chi connectivity index (χ2n) is 3.74. The van der Waals surface area contributed by atoms with Gasteiger partial charge in [-0.15, -0.1) is 0 Å². The number of anilines is 1. The Morgan fingerprint density at radius 1 is 1.41 bits per heavy atom. The van der Waals surface area contributed by atoms with E-state index in [0.717, 1.165) is 18.9 Å². The van der Waals surface area contributed by atoms with Crippen molar-refractivity contribution in [2.75, 3.05) is 5.32 Å². The van der Waals surface area contributed by atoms with Crippen LogP contribution in [-0.4, -0.2) is 12.1 Å². The molecule has 0 aromatic heterocycles. The highest BCUT2D eigenvalue weighted by Crippen LogP contribution is 2.18. The first-order chi connectivity index (χ1) is 8.06. The summed E-state index contributed by atoms with van der Waals surface area (Å²) in [5.74, 6) is -0.544. The third kappa shape index (κ3) is 4.23. The lowest BCUT2D eigenvalue weighted by atomic mass is 10.2. The summed E-state index contributed by atoms with van der Waals surface area (Å²) >= 11 is 5.61. The van der Waals surface area contributed by atoms with Crippen LogP contribution in [0.15, 0.2) is 18.2 Å². The highest BCUT2D eigenvalue weighted by Gasteiger charge is 2.10. The molecule has 17 heavy (non-hydrogen) atoms. The van der Waals surface area contributed by atoms with Gasteiger partial charge in [0.25, 0.3) is 0 Å². The van der Waals surface area contributed by atoms with Crippen LogP contribution in [0.3, 0.4) is 0 Å². The smallest absolute Gasteiger partial charge is 0.319 e. The fourth-order valence-electron chi connectivity index (χ4n) is 1.43. The second-order valence-corrected chi connectivity index (χ2v) is 4.17. The Bertz CT molecular complexity index is 394. The van der Waals surface area contributed by atoms with Gasteiger partial charge in [-0.1, -0.05) is 25.4 Å². The van der Waals surface area contributed by atoms with Crippen molar-refractivity contribution in [3.8, 4) is 0 Å². The van der Waals surface area contributed by atoms with E-state index in [1.807, 2.05) is 13.8 Å². The minimum atomic E-state index is -0.544. The Morgan fingerprint density at radius 3 is 2.59 bits per heavy atom. The topological polar surface area (TPSA) is 41.1 Å². The number of halogens is 2. The molecule has 0 saturated heterocycles. The molecule has 0 unspecified atom stereocenters. The van der Waals surface area contributed by atoms with Gasteiger partial charge in [-0.2, -0.15) is 0 Å². The van der Waals surface area contributed by atoms with Crippen LogP contribution in [0.4, 0.5) is 14.9 Å². The van der Waals surface area contributed by atoms with Crippen LogP contribution in [0.5, 0.6) is 0 Å². The van der Waals surface area contributed by atoms with Gasteiger partial charge < -0.3 is 10.6 Å². The summed E-state index contributed by atoms with van der Waals surface area (Å²) in [6.45, 7) is 3.97. The van der Waals surface area contributed by atoms with E-state index in [0.29, 0.717) is 5.02 Å². The monoisotopic (exact) mass is 258 g/mol. The molecule has 94 valence electrons. The molecule has 3 nitrogen and oxygen atoms in total. The van der Waals surface area contributed by atoms with Crippen molar-refractivity contribution in [3.63, 3.8) is 0 Å². The molecule has 0 fully saturated rings. The summed E-state index contributed by atoms with van der Waals surface area (Å²) in [7, 11) is 0. The average Bonchev–Trinajstić information content (AvgIpc) is 2.29. The Labute approximate surface area is 105 Å². The average molecular weight is 259 g/mol. The summed E-state index contributed by atoms with van der Waals surface area (Å²) in [4.78, 5) is 11.6. The summed E-state index contributed by atoms with van der Waals surface area (Å²) in [6, 6.07) is 3.82. The normalized spacial score (nSPS) is 10.4. The van der Waals surface area contributed by atoms with Crippen molar-refractivity contribution in [2.45, 2.75) is 32.7 Å². The van der Waals surface area contributed by atoms with E-state index in [-0.39, 0.29) is 11.7 Å².